The number of amides is 3. The van der Waals surface area contributed by atoms with Gasteiger partial charge in [0.15, 0.2) is 11.6 Å². The maximum atomic E-state index is 13.5. The number of para-hydroxylation sites is 1. The summed E-state index contributed by atoms with van der Waals surface area (Å²) in [4.78, 5) is 43.4. The molecule has 0 N–H and O–H groups in total. The van der Waals surface area contributed by atoms with Crippen molar-refractivity contribution in [1.82, 2.24) is 9.80 Å². The van der Waals surface area contributed by atoms with Gasteiger partial charge in [0.1, 0.15) is 0 Å². The van der Waals surface area contributed by atoms with E-state index in [0.717, 1.165) is 47.6 Å². The predicted octanol–water partition coefficient (Wildman–Crippen LogP) is 5.16. The number of piperazine rings is 1. The van der Waals surface area contributed by atoms with Crippen molar-refractivity contribution in [3.05, 3.63) is 106 Å². The zero-order chi connectivity index (χ0) is 25.9. The van der Waals surface area contributed by atoms with Crippen LogP contribution in [-0.4, -0.2) is 53.0 Å². The Morgan fingerprint density at radius 1 is 0.865 bits per heavy atom. The number of hydrogen-bond acceptors (Lipinski definition) is 5. The Kier molecular flexibility index (Phi) is 7.05. The van der Waals surface area contributed by atoms with E-state index < -0.39 is 22.8 Å². The van der Waals surface area contributed by atoms with Crippen LogP contribution in [0.3, 0.4) is 0 Å². The van der Waals surface area contributed by atoms with Crippen molar-refractivity contribution in [3.63, 3.8) is 0 Å². The lowest BCUT2D eigenvalue weighted by Crippen LogP contribution is -2.48. The first-order valence-corrected chi connectivity index (χ1v) is 12.6. The van der Waals surface area contributed by atoms with Crippen LogP contribution in [0, 0.1) is 11.6 Å². The molecule has 5 rings (SSSR count). The Bertz CT molecular complexity index is 1370. The van der Waals surface area contributed by atoms with Crippen molar-refractivity contribution in [2.45, 2.75) is 6.54 Å². The molecule has 2 aliphatic rings. The molecule has 2 saturated heterocycles. The number of halogens is 2. The van der Waals surface area contributed by atoms with Crippen LogP contribution in [0.4, 0.5) is 19.3 Å². The average Bonchev–Trinajstić information content (AvgIpc) is 3.18. The quantitative estimate of drug-likeness (QED) is 0.436. The molecule has 9 heteroatoms. The molecule has 0 spiro atoms. The average molecular weight is 520 g/mol. The molecule has 2 fully saturated rings. The van der Waals surface area contributed by atoms with Gasteiger partial charge in [-0.15, -0.1) is 0 Å². The van der Waals surface area contributed by atoms with Crippen LogP contribution in [0.1, 0.15) is 21.5 Å². The first-order chi connectivity index (χ1) is 17.9. The Balaban J connectivity index is 1.21. The molecule has 37 heavy (non-hydrogen) atoms. The van der Waals surface area contributed by atoms with Gasteiger partial charge in [0.25, 0.3) is 17.1 Å². The number of imide groups is 1. The van der Waals surface area contributed by atoms with Gasteiger partial charge in [-0.05, 0) is 65.4 Å². The van der Waals surface area contributed by atoms with Crippen LogP contribution in [0.15, 0.2) is 77.7 Å². The second kappa shape index (κ2) is 10.6. The molecule has 2 heterocycles. The van der Waals surface area contributed by atoms with E-state index >= 15 is 0 Å². The van der Waals surface area contributed by atoms with Gasteiger partial charge in [0.05, 0.1) is 11.4 Å². The SMILES string of the molecule is O=C(c1ccc(/C=C2\SC(=O)N(Cc3ccc(F)c(F)c3)C2=O)cc1)N1CCN(c2ccccc2)CC1. The van der Waals surface area contributed by atoms with E-state index in [1.807, 2.05) is 23.1 Å². The molecule has 6 nitrogen and oxygen atoms in total. The predicted molar refractivity (Wildman–Crippen MR) is 139 cm³/mol. The Morgan fingerprint density at radius 2 is 1.57 bits per heavy atom. The third-order valence-corrected chi connectivity index (χ3v) is 7.25. The number of hydrogen-bond donors (Lipinski definition) is 0. The fourth-order valence-corrected chi connectivity index (χ4v) is 5.16. The van der Waals surface area contributed by atoms with Crippen LogP contribution in [-0.2, 0) is 11.3 Å². The lowest BCUT2D eigenvalue weighted by Gasteiger charge is -2.36. The highest BCUT2D eigenvalue weighted by Gasteiger charge is 2.35. The van der Waals surface area contributed by atoms with Gasteiger partial charge < -0.3 is 9.80 Å². The van der Waals surface area contributed by atoms with E-state index in [2.05, 4.69) is 17.0 Å². The minimum atomic E-state index is -1.03. The lowest BCUT2D eigenvalue weighted by molar-refractivity contribution is -0.123. The van der Waals surface area contributed by atoms with Crippen LogP contribution in [0.25, 0.3) is 6.08 Å². The molecule has 3 aromatic carbocycles. The van der Waals surface area contributed by atoms with E-state index in [0.29, 0.717) is 29.8 Å². The maximum Gasteiger partial charge on any atom is 0.293 e. The molecule has 0 radical (unpaired) electrons. The summed E-state index contributed by atoms with van der Waals surface area (Å²) in [6.07, 6.45) is 1.59. The normalized spacial score (nSPS) is 17.1. The Labute approximate surface area is 217 Å². The van der Waals surface area contributed by atoms with Gasteiger partial charge in [-0.1, -0.05) is 36.4 Å². The Morgan fingerprint density at radius 3 is 2.24 bits per heavy atom. The first kappa shape index (κ1) is 24.7. The first-order valence-electron chi connectivity index (χ1n) is 11.8. The standard InChI is InChI=1S/C28H23F2N3O3S/c29-23-11-8-20(16-24(23)30)18-33-27(35)25(37-28(33)36)17-19-6-9-21(10-7-19)26(34)32-14-12-31(13-15-32)22-4-2-1-3-5-22/h1-11,16-17H,12-15,18H2/b25-17-. The van der Waals surface area contributed by atoms with E-state index in [1.165, 1.54) is 6.07 Å². The molecular weight excluding hydrogens is 496 g/mol. The summed E-state index contributed by atoms with van der Waals surface area (Å²) in [5.74, 6) is -2.58. The molecule has 2 aliphatic heterocycles. The van der Waals surface area contributed by atoms with Crippen molar-refractivity contribution < 1.29 is 23.2 Å². The van der Waals surface area contributed by atoms with Gasteiger partial charge in [-0.2, -0.15) is 0 Å². The minimum Gasteiger partial charge on any atom is -0.368 e. The highest BCUT2D eigenvalue weighted by molar-refractivity contribution is 8.18. The molecule has 0 unspecified atom stereocenters. The summed E-state index contributed by atoms with van der Waals surface area (Å²) in [5.41, 5.74) is 2.68. The molecule has 0 bridgehead atoms. The number of nitrogens with zero attached hydrogens (tertiary/aromatic N) is 3. The zero-order valence-electron chi connectivity index (χ0n) is 19.8. The second-order valence-corrected chi connectivity index (χ2v) is 9.75. The number of carbonyl (C=O) groups excluding carboxylic acids is 3. The molecule has 188 valence electrons. The highest BCUT2D eigenvalue weighted by Crippen LogP contribution is 2.33. The zero-order valence-corrected chi connectivity index (χ0v) is 20.6. The fourth-order valence-electron chi connectivity index (χ4n) is 4.32. The summed E-state index contributed by atoms with van der Waals surface area (Å²) in [6, 6.07) is 20.3. The molecule has 0 aromatic heterocycles. The molecule has 3 aromatic rings. The molecular formula is C28H23F2N3O3S. The van der Waals surface area contributed by atoms with Gasteiger partial charge in [0, 0.05) is 37.4 Å². The van der Waals surface area contributed by atoms with E-state index in [9.17, 15) is 23.2 Å². The van der Waals surface area contributed by atoms with Crippen molar-refractivity contribution in [1.29, 1.82) is 0 Å². The topological polar surface area (TPSA) is 60.9 Å². The lowest BCUT2D eigenvalue weighted by atomic mass is 10.1. The van der Waals surface area contributed by atoms with Gasteiger partial charge in [0.2, 0.25) is 0 Å². The van der Waals surface area contributed by atoms with Crippen molar-refractivity contribution in [2.24, 2.45) is 0 Å². The van der Waals surface area contributed by atoms with Crippen LogP contribution >= 0.6 is 11.8 Å². The molecule has 0 saturated carbocycles. The van der Waals surface area contributed by atoms with Crippen LogP contribution in [0.2, 0.25) is 0 Å². The van der Waals surface area contributed by atoms with Crippen molar-refractivity contribution >= 4 is 40.6 Å². The van der Waals surface area contributed by atoms with Gasteiger partial charge in [-0.3, -0.25) is 19.3 Å². The number of carbonyl (C=O) groups is 3. The smallest absolute Gasteiger partial charge is 0.293 e. The van der Waals surface area contributed by atoms with E-state index in [-0.39, 0.29) is 17.4 Å². The Hall–Kier alpha value is -3.98. The van der Waals surface area contributed by atoms with Gasteiger partial charge >= 0.3 is 0 Å². The molecule has 3 amide bonds. The minimum absolute atomic E-state index is 0.0499. The third-order valence-electron chi connectivity index (χ3n) is 6.34. The number of thioether (sulfide) groups is 1. The summed E-state index contributed by atoms with van der Waals surface area (Å²) in [5, 5.41) is -0.484. The second-order valence-electron chi connectivity index (χ2n) is 8.75. The van der Waals surface area contributed by atoms with Crippen molar-refractivity contribution in [2.75, 3.05) is 31.1 Å². The number of anilines is 1. The summed E-state index contributed by atoms with van der Waals surface area (Å²) in [6.45, 7) is 2.62. The van der Waals surface area contributed by atoms with Crippen LogP contribution in [0.5, 0.6) is 0 Å². The van der Waals surface area contributed by atoms with Gasteiger partial charge in [-0.25, -0.2) is 8.78 Å². The third kappa shape index (κ3) is 5.41. The number of benzene rings is 3. The number of rotatable bonds is 5. The molecule has 0 atom stereocenters. The monoisotopic (exact) mass is 519 g/mol. The summed E-state index contributed by atoms with van der Waals surface area (Å²) < 4.78 is 26.7. The van der Waals surface area contributed by atoms with Crippen LogP contribution < -0.4 is 4.90 Å². The molecule has 0 aliphatic carbocycles. The largest absolute Gasteiger partial charge is 0.368 e. The van der Waals surface area contributed by atoms with E-state index in [4.69, 9.17) is 0 Å². The summed E-state index contributed by atoms with van der Waals surface area (Å²) >= 11 is 0.786. The van der Waals surface area contributed by atoms with Crippen molar-refractivity contribution in [3.8, 4) is 0 Å². The maximum absolute atomic E-state index is 13.5. The van der Waals surface area contributed by atoms with E-state index in [1.54, 1.807) is 30.3 Å². The highest BCUT2D eigenvalue weighted by atomic mass is 32.2. The summed E-state index contributed by atoms with van der Waals surface area (Å²) in [7, 11) is 0. The fraction of sp³-hybridized carbons (Fsp3) is 0.179.